The molecule has 0 saturated heterocycles. The van der Waals surface area contributed by atoms with Crippen molar-refractivity contribution in [2.45, 2.75) is 19.5 Å². The third-order valence-corrected chi connectivity index (χ3v) is 3.61. The van der Waals surface area contributed by atoms with Crippen molar-refractivity contribution in [2.24, 2.45) is 5.84 Å². The zero-order valence-corrected chi connectivity index (χ0v) is 12.2. The van der Waals surface area contributed by atoms with E-state index in [1.165, 1.54) is 0 Å². The molecule has 0 radical (unpaired) electrons. The zero-order valence-electron chi connectivity index (χ0n) is 9.90. The number of halogens is 2. The summed E-state index contributed by atoms with van der Waals surface area (Å²) in [6.07, 6.45) is 1.76. The molecule has 18 heavy (non-hydrogen) atoms. The molecule has 2 aromatic rings. The van der Waals surface area contributed by atoms with Gasteiger partial charge in [0, 0.05) is 22.2 Å². The monoisotopic (exact) mass is 328 g/mol. The van der Waals surface area contributed by atoms with Gasteiger partial charge < -0.3 is 0 Å². The van der Waals surface area contributed by atoms with Crippen molar-refractivity contribution in [3.63, 3.8) is 0 Å². The van der Waals surface area contributed by atoms with Gasteiger partial charge in [-0.15, -0.1) is 0 Å². The Morgan fingerprint density at radius 1 is 1.50 bits per heavy atom. The molecule has 4 nitrogen and oxygen atoms in total. The third-order valence-electron chi connectivity index (χ3n) is 2.78. The molecule has 0 amide bonds. The van der Waals surface area contributed by atoms with Gasteiger partial charge in [0.25, 0.3) is 0 Å². The lowest BCUT2D eigenvalue weighted by atomic mass is 10.0. The van der Waals surface area contributed by atoms with Crippen molar-refractivity contribution in [2.75, 3.05) is 0 Å². The number of aryl methyl sites for hydroxylation is 1. The van der Waals surface area contributed by atoms with Gasteiger partial charge in [0.1, 0.15) is 0 Å². The number of benzene rings is 1. The Hall–Kier alpha value is -0.880. The highest BCUT2D eigenvalue weighted by atomic mass is 79.9. The molecule has 0 saturated carbocycles. The van der Waals surface area contributed by atoms with Crippen LogP contribution >= 0.6 is 27.5 Å². The Morgan fingerprint density at radius 2 is 2.28 bits per heavy atom. The number of rotatable bonds is 4. The van der Waals surface area contributed by atoms with Crippen LogP contribution in [0, 0.1) is 0 Å². The first-order chi connectivity index (χ1) is 8.67. The second-order valence-corrected chi connectivity index (χ2v) is 5.16. The number of hydrazine groups is 1. The second-order valence-electron chi connectivity index (χ2n) is 3.84. The van der Waals surface area contributed by atoms with E-state index in [4.69, 9.17) is 17.4 Å². The van der Waals surface area contributed by atoms with Crippen LogP contribution in [0.25, 0.3) is 0 Å². The molecule has 1 heterocycles. The number of nitrogens with two attached hydrogens (primary N) is 1. The molecule has 1 unspecified atom stereocenters. The highest BCUT2D eigenvalue weighted by Gasteiger charge is 2.19. The van der Waals surface area contributed by atoms with Crippen LogP contribution in [0.2, 0.25) is 5.02 Å². The molecule has 96 valence electrons. The van der Waals surface area contributed by atoms with Gasteiger partial charge in [-0.25, -0.2) is 5.43 Å². The van der Waals surface area contributed by atoms with Crippen LogP contribution in [0.5, 0.6) is 0 Å². The Labute approximate surface area is 119 Å². The van der Waals surface area contributed by atoms with Crippen LogP contribution in [0.3, 0.4) is 0 Å². The summed E-state index contributed by atoms with van der Waals surface area (Å²) in [5, 5.41) is 4.91. The molecule has 1 atom stereocenters. The third kappa shape index (κ3) is 2.59. The summed E-state index contributed by atoms with van der Waals surface area (Å²) in [7, 11) is 0. The lowest BCUT2D eigenvalue weighted by molar-refractivity contribution is 0.543. The molecular weight excluding hydrogens is 316 g/mol. The quantitative estimate of drug-likeness (QED) is 0.670. The minimum absolute atomic E-state index is 0.173. The van der Waals surface area contributed by atoms with E-state index in [0.717, 1.165) is 22.3 Å². The van der Waals surface area contributed by atoms with Crippen molar-refractivity contribution >= 4 is 27.5 Å². The van der Waals surface area contributed by atoms with Gasteiger partial charge >= 0.3 is 0 Å². The summed E-state index contributed by atoms with van der Waals surface area (Å²) in [6.45, 7) is 2.82. The molecule has 0 aliphatic carbocycles. The van der Waals surface area contributed by atoms with E-state index in [2.05, 4.69) is 26.5 Å². The molecule has 2 rings (SSSR count). The standard InChI is InChI=1S/C12H14BrClN4/c1-2-18-11(5-6-16-18)12(17-15)9-4-3-8(13)7-10(9)14/h3-7,12,17H,2,15H2,1H3. The van der Waals surface area contributed by atoms with E-state index in [1.807, 2.05) is 35.9 Å². The van der Waals surface area contributed by atoms with Crippen LogP contribution in [0.15, 0.2) is 34.9 Å². The number of hydrogen-bond acceptors (Lipinski definition) is 3. The molecule has 6 heteroatoms. The maximum atomic E-state index is 6.26. The molecule has 0 aliphatic rings. The van der Waals surface area contributed by atoms with Gasteiger partial charge in [-0.3, -0.25) is 10.5 Å². The first-order valence-electron chi connectivity index (χ1n) is 5.60. The molecule has 0 fully saturated rings. The van der Waals surface area contributed by atoms with Crippen LogP contribution in [-0.4, -0.2) is 9.78 Å². The summed E-state index contributed by atoms with van der Waals surface area (Å²) < 4.78 is 2.83. The summed E-state index contributed by atoms with van der Waals surface area (Å²) in [5.41, 5.74) is 4.71. The van der Waals surface area contributed by atoms with E-state index >= 15 is 0 Å². The Bertz CT molecular complexity index is 541. The summed E-state index contributed by atoms with van der Waals surface area (Å²) in [5.74, 6) is 5.67. The number of hydrogen-bond donors (Lipinski definition) is 2. The lowest BCUT2D eigenvalue weighted by Gasteiger charge is -2.19. The molecule has 3 N–H and O–H groups in total. The fourth-order valence-corrected chi connectivity index (χ4v) is 2.70. The fraction of sp³-hybridized carbons (Fsp3) is 0.250. The number of aromatic nitrogens is 2. The van der Waals surface area contributed by atoms with Crippen molar-refractivity contribution in [3.8, 4) is 0 Å². The van der Waals surface area contributed by atoms with Gasteiger partial charge in [0.05, 0.1) is 11.7 Å². The van der Waals surface area contributed by atoms with Crippen LogP contribution in [-0.2, 0) is 6.54 Å². The molecule has 1 aromatic heterocycles. The van der Waals surface area contributed by atoms with E-state index in [-0.39, 0.29) is 6.04 Å². The minimum Gasteiger partial charge on any atom is -0.271 e. The van der Waals surface area contributed by atoms with Gasteiger partial charge in [0.15, 0.2) is 0 Å². The van der Waals surface area contributed by atoms with Gasteiger partial charge in [0.2, 0.25) is 0 Å². The number of nitrogens with one attached hydrogen (secondary N) is 1. The molecule has 0 aliphatic heterocycles. The van der Waals surface area contributed by atoms with Crippen molar-refractivity contribution in [1.29, 1.82) is 0 Å². The van der Waals surface area contributed by atoms with Crippen LogP contribution in [0.1, 0.15) is 24.2 Å². The smallest absolute Gasteiger partial charge is 0.0892 e. The topological polar surface area (TPSA) is 55.9 Å². The summed E-state index contributed by atoms with van der Waals surface area (Å²) in [6, 6.07) is 7.51. The first kappa shape index (κ1) is 13.5. The predicted octanol–water partition coefficient (Wildman–Crippen LogP) is 2.87. The highest BCUT2D eigenvalue weighted by molar-refractivity contribution is 9.10. The summed E-state index contributed by atoms with van der Waals surface area (Å²) in [4.78, 5) is 0. The molecular formula is C12H14BrClN4. The van der Waals surface area contributed by atoms with Crippen LogP contribution < -0.4 is 11.3 Å². The highest BCUT2D eigenvalue weighted by Crippen LogP contribution is 2.30. The van der Waals surface area contributed by atoms with Crippen LogP contribution in [0.4, 0.5) is 0 Å². The van der Waals surface area contributed by atoms with E-state index in [9.17, 15) is 0 Å². The number of nitrogens with zero attached hydrogens (tertiary/aromatic N) is 2. The lowest BCUT2D eigenvalue weighted by Crippen LogP contribution is -2.30. The molecule has 0 bridgehead atoms. The van der Waals surface area contributed by atoms with Gasteiger partial charge in [-0.05, 0) is 30.7 Å². The van der Waals surface area contributed by atoms with E-state index in [0.29, 0.717) is 5.02 Å². The fourth-order valence-electron chi connectivity index (χ4n) is 1.92. The molecule has 1 aromatic carbocycles. The van der Waals surface area contributed by atoms with E-state index < -0.39 is 0 Å². The zero-order chi connectivity index (χ0) is 13.1. The molecule has 0 spiro atoms. The van der Waals surface area contributed by atoms with Crippen molar-refractivity contribution in [1.82, 2.24) is 15.2 Å². The Morgan fingerprint density at radius 3 is 2.89 bits per heavy atom. The van der Waals surface area contributed by atoms with Gasteiger partial charge in [-0.1, -0.05) is 33.6 Å². The predicted molar refractivity (Wildman–Crippen MR) is 76.2 cm³/mol. The second kappa shape index (κ2) is 5.84. The Kier molecular flexibility index (Phi) is 4.40. The summed E-state index contributed by atoms with van der Waals surface area (Å²) >= 11 is 9.65. The average molecular weight is 330 g/mol. The average Bonchev–Trinajstić information content (AvgIpc) is 2.81. The minimum atomic E-state index is -0.173. The largest absolute Gasteiger partial charge is 0.271 e. The van der Waals surface area contributed by atoms with Crippen molar-refractivity contribution < 1.29 is 0 Å². The van der Waals surface area contributed by atoms with E-state index in [1.54, 1.807) is 6.20 Å². The maximum Gasteiger partial charge on any atom is 0.0892 e. The first-order valence-corrected chi connectivity index (χ1v) is 6.77. The van der Waals surface area contributed by atoms with Gasteiger partial charge in [-0.2, -0.15) is 5.10 Å². The maximum absolute atomic E-state index is 6.26. The Balaban J connectivity index is 2.45. The SMILES string of the molecule is CCn1nccc1C(NN)c1ccc(Br)cc1Cl. The normalized spacial score (nSPS) is 12.7. The van der Waals surface area contributed by atoms with Crippen molar-refractivity contribution in [3.05, 3.63) is 51.2 Å².